The highest BCUT2D eigenvalue weighted by Gasteiger charge is 2.41. The van der Waals surface area contributed by atoms with Crippen LogP contribution in [0.2, 0.25) is 0 Å². The summed E-state index contributed by atoms with van der Waals surface area (Å²) in [5.41, 5.74) is 0.904. The number of rotatable bonds is 13. The predicted molar refractivity (Wildman–Crippen MR) is 115 cm³/mol. The van der Waals surface area contributed by atoms with Gasteiger partial charge in [-0.1, -0.05) is 25.8 Å². The monoisotopic (exact) mass is 441 g/mol. The minimum absolute atomic E-state index is 0.0942. The number of esters is 1. The van der Waals surface area contributed by atoms with E-state index in [9.17, 15) is 13.2 Å². The minimum Gasteiger partial charge on any atom is -0.492 e. The van der Waals surface area contributed by atoms with E-state index in [2.05, 4.69) is 0 Å². The van der Waals surface area contributed by atoms with Crippen LogP contribution in [0.15, 0.2) is 23.1 Å². The second-order valence-corrected chi connectivity index (χ2v) is 9.59. The smallest absolute Gasteiger partial charge is 0.324 e. The topological polar surface area (TPSA) is 93.1 Å². The van der Waals surface area contributed by atoms with Crippen LogP contribution in [0.5, 0.6) is 5.75 Å². The Balaban J connectivity index is 2.13. The largest absolute Gasteiger partial charge is 0.492 e. The van der Waals surface area contributed by atoms with Gasteiger partial charge in [0, 0.05) is 13.2 Å². The third-order valence-electron chi connectivity index (χ3n) is 5.21. The maximum absolute atomic E-state index is 13.4. The van der Waals surface area contributed by atoms with E-state index >= 15 is 0 Å². The van der Waals surface area contributed by atoms with Crippen LogP contribution in [-0.4, -0.2) is 56.2 Å². The van der Waals surface area contributed by atoms with Crippen molar-refractivity contribution in [2.75, 3.05) is 26.4 Å². The molecule has 1 fully saturated rings. The second kappa shape index (κ2) is 12.3. The third-order valence-corrected chi connectivity index (χ3v) is 7.16. The number of aliphatic hydroxyl groups excluding tert-OH is 1. The Bertz CT molecular complexity index is 780. The molecule has 1 heterocycles. The normalized spacial score (nSPS) is 17.2. The summed E-state index contributed by atoms with van der Waals surface area (Å²) in [5, 5.41) is 8.85. The van der Waals surface area contributed by atoms with Gasteiger partial charge in [-0.15, -0.1) is 0 Å². The van der Waals surface area contributed by atoms with Crippen molar-refractivity contribution >= 4 is 16.0 Å². The molecule has 0 aliphatic carbocycles. The van der Waals surface area contributed by atoms with Crippen molar-refractivity contribution in [2.45, 2.75) is 76.2 Å². The van der Waals surface area contributed by atoms with Gasteiger partial charge in [0.2, 0.25) is 10.0 Å². The molecule has 0 radical (unpaired) electrons. The number of hydrogen-bond donors (Lipinski definition) is 1. The molecule has 0 amide bonds. The average molecular weight is 442 g/mol. The number of carbonyl (C=O) groups is 1. The summed E-state index contributed by atoms with van der Waals surface area (Å²) in [6, 6.07) is 4.25. The van der Waals surface area contributed by atoms with Gasteiger partial charge in [-0.3, -0.25) is 4.79 Å². The molecule has 1 aromatic rings. The first kappa shape index (κ1) is 24.6. The highest BCUT2D eigenvalue weighted by molar-refractivity contribution is 7.89. The molecule has 2 rings (SSSR count). The lowest BCUT2D eigenvalue weighted by atomic mass is 10.2. The van der Waals surface area contributed by atoms with Crippen molar-refractivity contribution in [2.24, 2.45) is 0 Å². The lowest BCUT2D eigenvalue weighted by Crippen LogP contribution is -2.41. The van der Waals surface area contributed by atoms with Crippen LogP contribution in [0, 0.1) is 6.92 Å². The number of nitrogens with zero attached hydrogens (tertiary/aromatic N) is 1. The molecule has 1 aliphatic heterocycles. The molecule has 1 saturated heterocycles. The Hall–Kier alpha value is -1.64. The molecule has 7 nitrogen and oxygen atoms in total. The molecule has 0 saturated carbocycles. The van der Waals surface area contributed by atoms with Crippen LogP contribution in [-0.2, 0) is 19.6 Å². The van der Waals surface area contributed by atoms with Gasteiger partial charge in [0.1, 0.15) is 16.7 Å². The van der Waals surface area contributed by atoms with E-state index in [1.807, 2.05) is 13.8 Å². The fourth-order valence-electron chi connectivity index (χ4n) is 3.49. The van der Waals surface area contributed by atoms with Gasteiger partial charge < -0.3 is 14.6 Å². The van der Waals surface area contributed by atoms with E-state index in [1.165, 1.54) is 4.31 Å². The third kappa shape index (κ3) is 6.68. The molecular weight excluding hydrogens is 406 g/mol. The number of aryl methyl sites for hydroxylation is 1. The van der Waals surface area contributed by atoms with Gasteiger partial charge in [0.25, 0.3) is 0 Å². The van der Waals surface area contributed by atoms with Crippen molar-refractivity contribution < 1.29 is 27.8 Å². The molecule has 0 bridgehead atoms. The second-order valence-electron chi connectivity index (χ2n) is 7.73. The number of hydrogen-bond acceptors (Lipinski definition) is 6. The Morgan fingerprint density at radius 1 is 1.17 bits per heavy atom. The summed E-state index contributed by atoms with van der Waals surface area (Å²) in [6.07, 6.45) is 6.12. The first-order valence-electron chi connectivity index (χ1n) is 10.9. The quantitative estimate of drug-likeness (QED) is 0.372. The first-order chi connectivity index (χ1) is 14.4. The zero-order valence-electron chi connectivity index (χ0n) is 18.1. The Kier molecular flexibility index (Phi) is 10.1. The van der Waals surface area contributed by atoms with Crippen molar-refractivity contribution in [1.82, 2.24) is 4.31 Å². The van der Waals surface area contributed by atoms with Crippen LogP contribution in [0.25, 0.3) is 0 Å². The molecule has 1 aromatic carbocycles. The maximum atomic E-state index is 13.4. The summed E-state index contributed by atoms with van der Waals surface area (Å²) in [6.45, 7) is 5.08. The average Bonchev–Trinajstić information content (AvgIpc) is 3.21. The van der Waals surface area contributed by atoms with Crippen LogP contribution in [0.4, 0.5) is 0 Å². The van der Waals surface area contributed by atoms with Crippen molar-refractivity contribution in [1.29, 1.82) is 0 Å². The zero-order chi connectivity index (χ0) is 22.0. The standard InChI is InChI=1S/C22H35NO6S/c1-3-4-15-29-22(25)19-10-9-13-23(19)30(26,27)21-12-11-18(2)17-20(21)28-16-8-6-5-7-14-24/h11-12,17,19,24H,3-10,13-16H2,1-2H3/t19-/m0/s1. The van der Waals surface area contributed by atoms with E-state index in [4.69, 9.17) is 14.6 Å². The van der Waals surface area contributed by atoms with Crippen molar-refractivity contribution in [3.8, 4) is 5.75 Å². The number of carbonyl (C=O) groups excluding carboxylic acids is 1. The predicted octanol–water partition coefficient (Wildman–Crippen LogP) is 3.42. The lowest BCUT2D eigenvalue weighted by molar-refractivity contribution is -0.147. The summed E-state index contributed by atoms with van der Waals surface area (Å²) in [5.74, 6) is -0.148. The highest BCUT2D eigenvalue weighted by atomic mass is 32.2. The van der Waals surface area contributed by atoms with E-state index in [-0.39, 0.29) is 11.5 Å². The van der Waals surface area contributed by atoms with Crippen molar-refractivity contribution in [3.05, 3.63) is 23.8 Å². The fraction of sp³-hybridized carbons (Fsp3) is 0.682. The van der Waals surface area contributed by atoms with Crippen LogP contribution in [0.3, 0.4) is 0 Å². The van der Waals surface area contributed by atoms with E-state index in [0.717, 1.165) is 44.1 Å². The molecule has 0 aromatic heterocycles. The Morgan fingerprint density at radius 2 is 1.93 bits per heavy atom. The van der Waals surface area contributed by atoms with Crippen LogP contribution in [0.1, 0.15) is 63.9 Å². The lowest BCUT2D eigenvalue weighted by Gasteiger charge is -2.24. The maximum Gasteiger partial charge on any atom is 0.324 e. The number of sulfonamides is 1. The van der Waals surface area contributed by atoms with Gasteiger partial charge in [-0.2, -0.15) is 4.31 Å². The number of ether oxygens (including phenoxy) is 2. The van der Waals surface area contributed by atoms with Gasteiger partial charge in [0.05, 0.1) is 13.2 Å². The fourth-order valence-corrected chi connectivity index (χ4v) is 5.25. The summed E-state index contributed by atoms with van der Waals surface area (Å²) in [7, 11) is -3.89. The summed E-state index contributed by atoms with van der Waals surface area (Å²) >= 11 is 0. The van der Waals surface area contributed by atoms with Gasteiger partial charge in [-0.25, -0.2) is 8.42 Å². The molecule has 0 spiro atoms. The summed E-state index contributed by atoms with van der Waals surface area (Å²) in [4.78, 5) is 12.6. The molecular formula is C22H35NO6S. The van der Waals surface area contributed by atoms with Crippen LogP contribution < -0.4 is 4.74 Å². The molecule has 1 N–H and O–H groups in total. The number of aliphatic hydroxyl groups is 1. The highest BCUT2D eigenvalue weighted by Crippen LogP contribution is 2.33. The van der Waals surface area contributed by atoms with Crippen LogP contribution >= 0.6 is 0 Å². The zero-order valence-corrected chi connectivity index (χ0v) is 19.0. The number of benzene rings is 1. The molecule has 30 heavy (non-hydrogen) atoms. The van der Waals surface area contributed by atoms with Gasteiger partial charge in [0.15, 0.2) is 0 Å². The Labute approximate surface area is 180 Å². The van der Waals surface area contributed by atoms with E-state index < -0.39 is 22.0 Å². The molecule has 1 atom stereocenters. The van der Waals surface area contributed by atoms with Gasteiger partial charge >= 0.3 is 5.97 Å². The molecule has 170 valence electrons. The number of unbranched alkanes of at least 4 members (excludes halogenated alkanes) is 4. The first-order valence-corrected chi connectivity index (χ1v) is 12.4. The van der Waals surface area contributed by atoms with Crippen molar-refractivity contribution in [3.63, 3.8) is 0 Å². The molecule has 1 aliphatic rings. The molecule has 0 unspecified atom stereocenters. The van der Waals surface area contributed by atoms with Gasteiger partial charge in [-0.05, 0) is 63.1 Å². The van der Waals surface area contributed by atoms with E-state index in [0.29, 0.717) is 38.3 Å². The minimum atomic E-state index is -3.89. The summed E-state index contributed by atoms with van der Waals surface area (Å²) < 4.78 is 39.2. The molecule has 8 heteroatoms. The SMILES string of the molecule is CCCCOC(=O)[C@@H]1CCCN1S(=O)(=O)c1ccc(C)cc1OCCCCCCO. The Morgan fingerprint density at radius 3 is 2.67 bits per heavy atom. The van der Waals surface area contributed by atoms with E-state index in [1.54, 1.807) is 18.2 Å².